The Balaban J connectivity index is 0.00000132. The summed E-state index contributed by atoms with van der Waals surface area (Å²) in [5, 5.41) is 14.6. The number of nitrogens with zero attached hydrogens (tertiary/aromatic N) is 4. The summed E-state index contributed by atoms with van der Waals surface area (Å²) in [6, 6.07) is 12.1. The number of aryl methyl sites for hydroxylation is 3. The summed E-state index contributed by atoms with van der Waals surface area (Å²) < 4.78 is 5.98. The number of rotatable bonds is 6. The molecule has 8 nitrogen and oxygen atoms in total. The van der Waals surface area contributed by atoms with Gasteiger partial charge in [0, 0.05) is 6.92 Å². The first kappa shape index (κ1) is 22.4. The lowest BCUT2D eigenvalue weighted by Crippen LogP contribution is -2.30. The predicted molar refractivity (Wildman–Crippen MR) is 119 cm³/mol. The minimum atomic E-state index is -0.595. The predicted octanol–water partition coefficient (Wildman–Crippen LogP) is 4.33. The van der Waals surface area contributed by atoms with E-state index in [-0.39, 0.29) is 13.1 Å². The van der Waals surface area contributed by atoms with E-state index < -0.39 is 5.41 Å². The third kappa shape index (κ3) is 4.03. The van der Waals surface area contributed by atoms with Crippen LogP contribution in [0.1, 0.15) is 58.5 Å². The molecule has 2 aromatic carbocycles. The third-order valence-corrected chi connectivity index (χ3v) is 5.84. The smallest absolute Gasteiger partial charge is 0.231 e. The van der Waals surface area contributed by atoms with Gasteiger partial charge in [-0.05, 0) is 59.7 Å². The highest BCUT2D eigenvalue weighted by molar-refractivity contribution is 5.55. The van der Waals surface area contributed by atoms with Gasteiger partial charge >= 0.3 is 0 Å². The Bertz CT molecular complexity index is 1020. The second-order valence-electron chi connectivity index (χ2n) is 7.44. The van der Waals surface area contributed by atoms with Crippen LogP contribution in [0.5, 0.6) is 0 Å². The quantitative estimate of drug-likeness (QED) is 0.591. The van der Waals surface area contributed by atoms with Gasteiger partial charge in [0.15, 0.2) is 0 Å². The lowest BCUT2D eigenvalue weighted by molar-refractivity contribution is 0.389. The molecule has 0 fully saturated rings. The SMILES string of the molecule is CCC1(c2nnc(C)o2)c2ccc(CN=O)cc2CCc2cc(CN=O)ccc21.CN. The van der Waals surface area contributed by atoms with Gasteiger partial charge in [-0.3, -0.25) is 0 Å². The van der Waals surface area contributed by atoms with Crippen LogP contribution in [-0.2, 0) is 31.3 Å². The van der Waals surface area contributed by atoms with Gasteiger partial charge in [0.25, 0.3) is 0 Å². The Morgan fingerprint density at radius 1 is 0.935 bits per heavy atom. The maximum atomic E-state index is 10.8. The van der Waals surface area contributed by atoms with E-state index in [0.717, 1.165) is 52.6 Å². The second-order valence-corrected chi connectivity index (χ2v) is 7.44. The van der Waals surface area contributed by atoms with Crippen LogP contribution >= 0.6 is 0 Å². The summed E-state index contributed by atoms with van der Waals surface area (Å²) in [6.45, 7) is 4.19. The highest BCUT2D eigenvalue weighted by atomic mass is 16.4. The summed E-state index contributed by atoms with van der Waals surface area (Å²) in [5.41, 5.74) is 10.2. The molecular formula is C23H27N5O3. The van der Waals surface area contributed by atoms with Crippen molar-refractivity contribution in [3.63, 3.8) is 0 Å². The average Bonchev–Trinajstić information content (AvgIpc) is 3.17. The Hall–Kier alpha value is -3.26. The van der Waals surface area contributed by atoms with Crippen molar-refractivity contribution in [2.45, 2.75) is 51.6 Å². The van der Waals surface area contributed by atoms with E-state index >= 15 is 0 Å². The molecule has 0 atom stereocenters. The lowest BCUT2D eigenvalue weighted by atomic mass is 9.70. The zero-order valence-corrected chi connectivity index (χ0v) is 18.1. The molecule has 1 aliphatic rings. The molecule has 0 radical (unpaired) electrons. The molecule has 0 saturated carbocycles. The number of hydrogen-bond donors (Lipinski definition) is 1. The van der Waals surface area contributed by atoms with Crippen molar-refractivity contribution in [1.82, 2.24) is 10.2 Å². The lowest BCUT2D eigenvalue weighted by Gasteiger charge is -2.32. The largest absolute Gasteiger partial charge is 0.424 e. The molecule has 162 valence electrons. The monoisotopic (exact) mass is 421 g/mol. The first-order chi connectivity index (χ1) is 15.1. The van der Waals surface area contributed by atoms with E-state index in [1.807, 2.05) is 12.1 Å². The van der Waals surface area contributed by atoms with Gasteiger partial charge in [-0.2, -0.15) is 9.81 Å². The van der Waals surface area contributed by atoms with Gasteiger partial charge in [0.05, 0.1) is 5.41 Å². The number of nitroso groups, excluding NO2 is 2. The van der Waals surface area contributed by atoms with Crippen molar-refractivity contribution in [1.29, 1.82) is 0 Å². The summed E-state index contributed by atoms with van der Waals surface area (Å²) in [5.74, 6) is 1.08. The number of aromatic nitrogens is 2. The average molecular weight is 422 g/mol. The van der Waals surface area contributed by atoms with Crippen molar-refractivity contribution in [2.24, 2.45) is 16.1 Å². The van der Waals surface area contributed by atoms with Gasteiger partial charge < -0.3 is 10.2 Å². The fourth-order valence-corrected chi connectivity index (χ4v) is 4.53. The zero-order valence-electron chi connectivity index (χ0n) is 18.1. The molecule has 0 saturated heterocycles. The molecule has 1 aliphatic carbocycles. The summed E-state index contributed by atoms with van der Waals surface area (Å²) in [6.07, 6.45) is 2.34. The number of fused-ring (bicyclic) bond motifs is 2. The minimum Gasteiger partial charge on any atom is -0.424 e. The maximum absolute atomic E-state index is 10.8. The molecule has 0 unspecified atom stereocenters. The van der Waals surface area contributed by atoms with E-state index in [9.17, 15) is 9.81 Å². The van der Waals surface area contributed by atoms with Crippen molar-refractivity contribution in [3.05, 3.63) is 91.4 Å². The fraction of sp³-hybridized carbons (Fsp3) is 0.391. The molecule has 1 aromatic heterocycles. The topological polar surface area (TPSA) is 124 Å². The summed E-state index contributed by atoms with van der Waals surface area (Å²) >= 11 is 0. The maximum Gasteiger partial charge on any atom is 0.231 e. The van der Waals surface area contributed by atoms with Crippen molar-refractivity contribution >= 4 is 0 Å². The Morgan fingerprint density at radius 2 is 1.45 bits per heavy atom. The normalized spacial score (nSPS) is 13.8. The Kier molecular flexibility index (Phi) is 7.02. The van der Waals surface area contributed by atoms with Crippen molar-refractivity contribution in [2.75, 3.05) is 7.05 Å². The van der Waals surface area contributed by atoms with E-state index in [4.69, 9.17) is 4.42 Å². The molecule has 0 amide bonds. The standard InChI is InChI=1S/C22H22N4O3.CH5N/c1-3-22(21-26-25-14(2)29-21)19-8-4-15(12-23-27)10-17(19)6-7-18-11-16(13-24-28)5-9-20(18)22;1-2/h4-5,8-11H,3,6-7,12-13H2,1-2H3;2H2,1H3. The number of hydrogen-bond acceptors (Lipinski definition) is 8. The van der Waals surface area contributed by atoms with Crippen LogP contribution < -0.4 is 5.73 Å². The van der Waals surface area contributed by atoms with Crippen LogP contribution in [0.4, 0.5) is 0 Å². The van der Waals surface area contributed by atoms with Crippen molar-refractivity contribution in [3.8, 4) is 0 Å². The molecule has 1 heterocycles. The molecule has 0 bridgehead atoms. The first-order valence-corrected chi connectivity index (χ1v) is 10.3. The van der Waals surface area contributed by atoms with Gasteiger partial charge in [-0.1, -0.05) is 53.7 Å². The molecular weight excluding hydrogens is 394 g/mol. The third-order valence-electron chi connectivity index (χ3n) is 5.84. The minimum absolute atomic E-state index is 0.147. The van der Waals surface area contributed by atoms with Crippen LogP contribution in [0.15, 0.2) is 51.2 Å². The molecule has 2 N–H and O–H groups in total. The molecule has 4 rings (SSSR count). The summed E-state index contributed by atoms with van der Waals surface area (Å²) in [7, 11) is 1.50. The van der Waals surface area contributed by atoms with Gasteiger partial charge in [-0.15, -0.1) is 10.2 Å². The van der Waals surface area contributed by atoms with Gasteiger partial charge in [0.1, 0.15) is 13.1 Å². The highest BCUT2D eigenvalue weighted by Gasteiger charge is 2.44. The van der Waals surface area contributed by atoms with Gasteiger partial charge in [-0.25, -0.2) is 0 Å². The summed E-state index contributed by atoms with van der Waals surface area (Å²) in [4.78, 5) is 21.6. The van der Waals surface area contributed by atoms with Crippen LogP contribution in [0.2, 0.25) is 0 Å². The second kappa shape index (κ2) is 9.70. The fourth-order valence-electron chi connectivity index (χ4n) is 4.53. The van der Waals surface area contributed by atoms with Crippen molar-refractivity contribution < 1.29 is 4.42 Å². The van der Waals surface area contributed by atoms with E-state index in [0.29, 0.717) is 11.8 Å². The molecule has 31 heavy (non-hydrogen) atoms. The van der Waals surface area contributed by atoms with Gasteiger partial charge in [0.2, 0.25) is 11.8 Å². The van der Waals surface area contributed by atoms with E-state index in [2.05, 4.69) is 57.5 Å². The van der Waals surface area contributed by atoms with Crippen LogP contribution in [-0.4, -0.2) is 17.2 Å². The Labute approximate surface area is 181 Å². The van der Waals surface area contributed by atoms with Crippen LogP contribution in [0.3, 0.4) is 0 Å². The number of nitrogens with two attached hydrogens (primary N) is 1. The molecule has 0 aliphatic heterocycles. The van der Waals surface area contributed by atoms with Crippen LogP contribution in [0, 0.1) is 16.7 Å². The highest BCUT2D eigenvalue weighted by Crippen LogP contribution is 2.47. The number of benzene rings is 2. The van der Waals surface area contributed by atoms with Crippen LogP contribution in [0.25, 0.3) is 0 Å². The first-order valence-electron chi connectivity index (χ1n) is 10.3. The zero-order chi connectivity index (χ0) is 22.4. The molecule has 3 aromatic rings. The van der Waals surface area contributed by atoms with E-state index in [1.165, 1.54) is 7.05 Å². The molecule has 8 heteroatoms. The Morgan fingerprint density at radius 3 is 1.84 bits per heavy atom. The van der Waals surface area contributed by atoms with E-state index in [1.54, 1.807) is 6.92 Å². The molecule has 0 spiro atoms.